The largest absolute Gasteiger partial charge is 1.00 e. The van der Waals surface area contributed by atoms with Crippen LogP contribution >= 0.6 is 0 Å². The van der Waals surface area contributed by atoms with Crippen LogP contribution in [0.3, 0.4) is 0 Å². The maximum atomic E-state index is 3.20. The number of aromatic nitrogens is 2. The minimum Gasteiger partial charge on any atom is -1.00 e. The molecule has 0 atom stereocenters. The van der Waals surface area contributed by atoms with Gasteiger partial charge in [0.1, 0.15) is 12.4 Å². The number of hydrogen-bond donors (Lipinski definition) is 1. The van der Waals surface area contributed by atoms with E-state index < -0.39 is 0 Å². The molecule has 0 spiro atoms. The van der Waals surface area contributed by atoms with Crippen molar-refractivity contribution in [2.24, 2.45) is 0 Å². The highest BCUT2D eigenvalue weighted by molar-refractivity contribution is 5.63. The number of H-pyrrole nitrogens is 2. The molecule has 0 fully saturated rings. The highest BCUT2D eigenvalue weighted by Crippen LogP contribution is 2.23. The van der Waals surface area contributed by atoms with Gasteiger partial charge in [-0.05, 0) is 31.9 Å². The molecule has 0 aliphatic carbocycles. The van der Waals surface area contributed by atoms with E-state index in [2.05, 4.69) is 42.9 Å². The molecule has 0 saturated carbocycles. The topological polar surface area (TPSA) is 29.9 Å². The maximum absolute atomic E-state index is 3.20. The molecule has 2 nitrogen and oxygen atoms in total. The summed E-state index contributed by atoms with van der Waals surface area (Å²) in [5, 5.41) is 0. The van der Waals surface area contributed by atoms with E-state index in [1.54, 1.807) is 0 Å². The molecule has 0 aliphatic heterocycles. The highest BCUT2D eigenvalue weighted by Gasteiger charge is 2.12. The standard InChI is InChI=1S/C12H14N2.BrH/c1-8-6-9(2)11(10(3)7-8)12-13-4-5-14-12;/h4-7H,1-3H3,(H,13,14);1H. The molecule has 0 aliphatic rings. The third-order valence-electron chi connectivity index (χ3n) is 2.47. The zero-order valence-electron chi connectivity index (χ0n) is 9.19. The third-order valence-corrected chi connectivity index (χ3v) is 2.47. The number of hydrogen-bond acceptors (Lipinski definition) is 0. The van der Waals surface area contributed by atoms with Crippen molar-refractivity contribution in [3.8, 4) is 11.4 Å². The number of aromatic amines is 2. The first-order valence-corrected chi connectivity index (χ1v) is 4.82. The molecule has 0 unspecified atom stereocenters. The van der Waals surface area contributed by atoms with Crippen molar-refractivity contribution in [3.05, 3.63) is 41.2 Å². The molecular formula is C12H15BrN2. The van der Waals surface area contributed by atoms with Crippen molar-refractivity contribution in [1.29, 1.82) is 0 Å². The van der Waals surface area contributed by atoms with Crippen LogP contribution in [0.1, 0.15) is 16.7 Å². The number of aryl methyl sites for hydroxylation is 3. The Balaban J connectivity index is 0.00000112. The lowest BCUT2D eigenvalue weighted by Crippen LogP contribution is -3.00. The second kappa shape index (κ2) is 4.62. The lowest BCUT2D eigenvalue weighted by Gasteiger charge is -2.05. The summed E-state index contributed by atoms with van der Waals surface area (Å²) in [5.41, 5.74) is 5.21. The number of benzene rings is 1. The minimum atomic E-state index is 0. The molecule has 0 radical (unpaired) electrons. The van der Waals surface area contributed by atoms with E-state index in [9.17, 15) is 0 Å². The van der Waals surface area contributed by atoms with Gasteiger partial charge < -0.3 is 17.0 Å². The van der Waals surface area contributed by atoms with Crippen molar-refractivity contribution >= 4 is 0 Å². The molecule has 1 heterocycles. The van der Waals surface area contributed by atoms with E-state index in [-0.39, 0.29) is 17.0 Å². The van der Waals surface area contributed by atoms with Crippen LogP contribution in [0, 0.1) is 20.8 Å². The van der Waals surface area contributed by atoms with Crippen molar-refractivity contribution in [2.75, 3.05) is 0 Å². The van der Waals surface area contributed by atoms with Crippen molar-refractivity contribution in [1.82, 2.24) is 4.98 Å². The number of rotatable bonds is 1. The van der Waals surface area contributed by atoms with Crippen LogP contribution in [0.5, 0.6) is 0 Å². The Morgan fingerprint density at radius 3 is 2.13 bits per heavy atom. The molecule has 15 heavy (non-hydrogen) atoms. The Labute approximate surface area is 101 Å². The second-order valence-corrected chi connectivity index (χ2v) is 3.77. The van der Waals surface area contributed by atoms with Gasteiger partial charge in [0.25, 0.3) is 5.82 Å². The molecule has 1 aromatic carbocycles. The van der Waals surface area contributed by atoms with Crippen molar-refractivity contribution in [2.45, 2.75) is 20.8 Å². The summed E-state index contributed by atoms with van der Waals surface area (Å²) >= 11 is 0. The summed E-state index contributed by atoms with van der Waals surface area (Å²) in [5.74, 6) is 1.08. The molecule has 2 N–H and O–H groups in total. The molecule has 2 rings (SSSR count). The summed E-state index contributed by atoms with van der Waals surface area (Å²) in [7, 11) is 0. The van der Waals surface area contributed by atoms with E-state index in [1.807, 2.05) is 12.4 Å². The van der Waals surface area contributed by atoms with Crippen LogP contribution < -0.4 is 22.0 Å². The van der Waals surface area contributed by atoms with Gasteiger partial charge in [0.05, 0.1) is 5.56 Å². The van der Waals surface area contributed by atoms with Crippen LogP contribution in [0.15, 0.2) is 24.5 Å². The predicted molar refractivity (Wildman–Crippen MR) is 57.0 cm³/mol. The zero-order chi connectivity index (χ0) is 10.1. The SMILES string of the molecule is Cc1cc(C)c(-c2[nH]cc[nH+]2)c(C)c1.[Br-]. The average molecular weight is 267 g/mol. The van der Waals surface area contributed by atoms with Crippen LogP contribution in [0.2, 0.25) is 0 Å². The Morgan fingerprint density at radius 1 is 1.07 bits per heavy atom. The highest BCUT2D eigenvalue weighted by atomic mass is 79.9. The fourth-order valence-electron chi connectivity index (χ4n) is 2.01. The number of nitrogens with one attached hydrogen (secondary N) is 2. The Morgan fingerprint density at radius 2 is 1.67 bits per heavy atom. The van der Waals surface area contributed by atoms with Gasteiger partial charge in [-0.15, -0.1) is 0 Å². The summed E-state index contributed by atoms with van der Waals surface area (Å²) in [6.45, 7) is 6.41. The van der Waals surface area contributed by atoms with Gasteiger partial charge in [0.15, 0.2) is 0 Å². The molecular weight excluding hydrogens is 252 g/mol. The van der Waals surface area contributed by atoms with Gasteiger partial charge in [0.2, 0.25) is 0 Å². The molecule has 0 saturated heterocycles. The predicted octanol–water partition coefficient (Wildman–Crippen LogP) is -0.575. The van der Waals surface area contributed by atoms with Gasteiger partial charge in [-0.2, -0.15) is 0 Å². The first-order chi connectivity index (χ1) is 6.68. The number of imidazole rings is 1. The van der Waals surface area contributed by atoms with Crippen LogP contribution in [-0.2, 0) is 0 Å². The van der Waals surface area contributed by atoms with Crippen LogP contribution in [0.25, 0.3) is 11.4 Å². The molecule has 3 heteroatoms. The van der Waals surface area contributed by atoms with E-state index in [4.69, 9.17) is 0 Å². The quantitative estimate of drug-likeness (QED) is 0.717. The Kier molecular flexibility index (Phi) is 3.69. The van der Waals surface area contributed by atoms with Gasteiger partial charge >= 0.3 is 0 Å². The minimum absolute atomic E-state index is 0. The van der Waals surface area contributed by atoms with Gasteiger partial charge in [-0.3, -0.25) is 0 Å². The van der Waals surface area contributed by atoms with E-state index in [0.717, 1.165) is 5.82 Å². The monoisotopic (exact) mass is 266 g/mol. The lowest BCUT2D eigenvalue weighted by atomic mass is 9.99. The summed E-state index contributed by atoms with van der Waals surface area (Å²) in [6.07, 6.45) is 3.82. The van der Waals surface area contributed by atoms with Crippen LogP contribution in [-0.4, -0.2) is 4.98 Å². The zero-order valence-corrected chi connectivity index (χ0v) is 10.8. The smallest absolute Gasteiger partial charge is 0.284 e. The fourth-order valence-corrected chi connectivity index (χ4v) is 2.01. The molecule has 2 aromatic rings. The van der Waals surface area contributed by atoms with E-state index in [0.29, 0.717) is 0 Å². The summed E-state index contributed by atoms with van der Waals surface area (Å²) in [4.78, 5) is 6.40. The first kappa shape index (κ1) is 12.0. The average Bonchev–Trinajstić information content (AvgIpc) is 2.54. The maximum Gasteiger partial charge on any atom is 0.284 e. The summed E-state index contributed by atoms with van der Waals surface area (Å²) < 4.78 is 0. The molecule has 0 bridgehead atoms. The van der Waals surface area contributed by atoms with Gasteiger partial charge in [0, 0.05) is 0 Å². The summed E-state index contributed by atoms with van der Waals surface area (Å²) in [6, 6.07) is 4.41. The second-order valence-electron chi connectivity index (χ2n) is 3.77. The Bertz CT molecular complexity index is 424. The molecule has 1 aromatic heterocycles. The van der Waals surface area contributed by atoms with Crippen molar-refractivity contribution < 1.29 is 22.0 Å². The lowest BCUT2D eigenvalue weighted by molar-refractivity contribution is -0.362. The van der Waals surface area contributed by atoms with E-state index in [1.165, 1.54) is 22.3 Å². The molecule has 0 amide bonds. The number of halogens is 1. The normalized spacial score (nSPS) is 9.80. The van der Waals surface area contributed by atoms with Crippen molar-refractivity contribution in [3.63, 3.8) is 0 Å². The van der Waals surface area contributed by atoms with Gasteiger partial charge in [-0.1, -0.05) is 17.7 Å². The fraction of sp³-hybridized carbons (Fsp3) is 0.250. The third kappa shape index (κ3) is 2.29. The Hall–Kier alpha value is -1.09. The van der Waals surface area contributed by atoms with E-state index >= 15 is 0 Å². The molecule has 80 valence electrons. The first-order valence-electron chi connectivity index (χ1n) is 4.82. The van der Waals surface area contributed by atoms with Crippen LogP contribution in [0.4, 0.5) is 0 Å². The van der Waals surface area contributed by atoms with Gasteiger partial charge in [-0.25, -0.2) is 9.97 Å².